The number of carbonyl (C=O) groups is 2. The number of allylic oxidation sites excluding steroid dienone is 1. The fourth-order valence-electron chi connectivity index (χ4n) is 2.74. The lowest BCUT2D eigenvalue weighted by atomic mass is 9.84. The van der Waals surface area contributed by atoms with Crippen LogP contribution in [0.2, 0.25) is 0 Å². The highest BCUT2D eigenvalue weighted by Crippen LogP contribution is 2.30. The standard InChI is InChI=1S/C22H24O4/c1-15-5-9-17(10-6-15)11-14-19(18-12-7-16(2)8-13-18)20(21(23)25-3)22(24)26-4/h5-14,19-20H,1-4H3/b14-11+/t19-/m1/s1. The second-order valence-electron chi connectivity index (χ2n) is 6.23. The van der Waals surface area contributed by atoms with Gasteiger partial charge < -0.3 is 9.47 Å². The SMILES string of the molecule is COC(=O)C(C(=O)OC)[C@H](/C=C/c1ccc(C)cc1)c1ccc(C)cc1. The Morgan fingerprint density at radius 2 is 1.27 bits per heavy atom. The Morgan fingerprint density at radius 3 is 1.73 bits per heavy atom. The largest absolute Gasteiger partial charge is 0.468 e. The lowest BCUT2D eigenvalue weighted by Gasteiger charge is -2.21. The van der Waals surface area contributed by atoms with Crippen LogP contribution < -0.4 is 0 Å². The van der Waals surface area contributed by atoms with E-state index in [0.29, 0.717) is 0 Å². The third-order valence-corrected chi connectivity index (χ3v) is 4.30. The average Bonchev–Trinajstić information content (AvgIpc) is 2.66. The number of rotatable bonds is 6. The van der Waals surface area contributed by atoms with Crippen LogP contribution in [0, 0.1) is 19.8 Å². The Bertz CT molecular complexity index is 757. The molecule has 0 unspecified atom stereocenters. The third-order valence-electron chi connectivity index (χ3n) is 4.30. The molecule has 0 aliphatic carbocycles. The minimum atomic E-state index is -1.06. The first-order valence-electron chi connectivity index (χ1n) is 8.43. The van der Waals surface area contributed by atoms with E-state index in [0.717, 1.165) is 16.7 Å². The van der Waals surface area contributed by atoms with Gasteiger partial charge in [0, 0.05) is 5.92 Å². The van der Waals surface area contributed by atoms with E-state index >= 15 is 0 Å². The van der Waals surface area contributed by atoms with Crippen molar-refractivity contribution >= 4 is 18.0 Å². The van der Waals surface area contributed by atoms with Gasteiger partial charge >= 0.3 is 11.9 Å². The highest BCUT2D eigenvalue weighted by atomic mass is 16.5. The molecule has 0 amide bonds. The molecule has 0 bridgehead atoms. The van der Waals surface area contributed by atoms with E-state index < -0.39 is 23.8 Å². The minimum absolute atomic E-state index is 0.489. The van der Waals surface area contributed by atoms with E-state index in [2.05, 4.69) is 0 Å². The molecule has 0 aliphatic rings. The Labute approximate surface area is 154 Å². The molecule has 0 radical (unpaired) electrons. The van der Waals surface area contributed by atoms with E-state index in [1.54, 1.807) is 0 Å². The molecule has 0 saturated carbocycles. The van der Waals surface area contributed by atoms with Crippen LogP contribution >= 0.6 is 0 Å². The molecule has 0 spiro atoms. The van der Waals surface area contributed by atoms with Crippen LogP contribution in [0.25, 0.3) is 6.08 Å². The Balaban J connectivity index is 2.46. The number of esters is 2. The first-order valence-corrected chi connectivity index (χ1v) is 8.43. The summed E-state index contributed by atoms with van der Waals surface area (Å²) in [5, 5.41) is 0. The fraction of sp³-hybridized carbons (Fsp3) is 0.273. The van der Waals surface area contributed by atoms with Gasteiger partial charge in [0.15, 0.2) is 5.92 Å². The molecule has 0 aromatic heterocycles. The number of carbonyl (C=O) groups excluding carboxylic acids is 2. The average molecular weight is 352 g/mol. The zero-order valence-electron chi connectivity index (χ0n) is 15.6. The number of aryl methyl sites for hydroxylation is 2. The zero-order valence-corrected chi connectivity index (χ0v) is 15.6. The molecule has 136 valence electrons. The topological polar surface area (TPSA) is 52.6 Å². The molecular weight excluding hydrogens is 328 g/mol. The zero-order chi connectivity index (χ0) is 19.1. The predicted molar refractivity (Wildman–Crippen MR) is 102 cm³/mol. The first kappa shape index (κ1) is 19.4. The molecule has 1 atom stereocenters. The van der Waals surface area contributed by atoms with Gasteiger partial charge in [-0.1, -0.05) is 71.8 Å². The van der Waals surface area contributed by atoms with Crippen molar-refractivity contribution in [1.82, 2.24) is 0 Å². The van der Waals surface area contributed by atoms with Gasteiger partial charge in [0.2, 0.25) is 0 Å². The van der Waals surface area contributed by atoms with Gasteiger partial charge in [-0.05, 0) is 25.0 Å². The summed E-state index contributed by atoms with van der Waals surface area (Å²) in [7, 11) is 2.54. The van der Waals surface area contributed by atoms with Crippen molar-refractivity contribution in [3.05, 3.63) is 76.9 Å². The predicted octanol–water partition coefficient (Wildman–Crippen LogP) is 4.06. The van der Waals surface area contributed by atoms with Gasteiger partial charge in [-0.15, -0.1) is 0 Å². The summed E-state index contributed by atoms with van der Waals surface area (Å²) >= 11 is 0. The normalized spacial score (nSPS) is 12.2. The lowest BCUT2D eigenvalue weighted by molar-refractivity contribution is -0.159. The van der Waals surface area contributed by atoms with Crippen LogP contribution in [-0.2, 0) is 19.1 Å². The highest BCUT2D eigenvalue weighted by Gasteiger charge is 2.36. The van der Waals surface area contributed by atoms with E-state index in [1.807, 2.05) is 74.5 Å². The van der Waals surface area contributed by atoms with Crippen LogP contribution in [-0.4, -0.2) is 26.2 Å². The first-order chi connectivity index (χ1) is 12.5. The van der Waals surface area contributed by atoms with Gasteiger partial charge in [-0.3, -0.25) is 9.59 Å². The van der Waals surface area contributed by atoms with Gasteiger partial charge in [0.1, 0.15) is 0 Å². The summed E-state index contributed by atoms with van der Waals surface area (Å²) < 4.78 is 9.71. The van der Waals surface area contributed by atoms with Crippen LogP contribution in [0.1, 0.15) is 28.2 Å². The molecule has 0 aliphatic heterocycles. The molecule has 4 nitrogen and oxygen atoms in total. The number of methoxy groups -OCH3 is 2. The third kappa shape index (κ3) is 4.82. The molecule has 2 rings (SSSR count). The van der Waals surface area contributed by atoms with Crippen LogP contribution in [0.3, 0.4) is 0 Å². The maximum absolute atomic E-state index is 12.3. The van der Waals surface area contributed by atoms with Crippen molar-refractivity contribution < 1.29 is 19.1 Å². The molecule has 2 aromatic carbocycles. The van der Waals surface area contributed by atoms with Crippen molar-refractivity contribution in [1.29, 1.82) is 0 Å². The summed E-state index contributed by atoms with van der Waals surface area (Å²) in [6, 6.07) is 15.7. The fourth-order valence-corrected chi connectivity index (χ4v) is 2.74. The molecule has 0 N–H and O–H groups in total. The van der Waals surface area contributed by atoms with Crippen molar-refractivity contribution in [2.24, 2.45) is 5.92 Å². The summed E-state index contributed by atoms with van der Waals surface area (Å²) in [4.78, 5) is 24.6. The summed E-state index contributed by atoms with van der Waals surface area (Å²) in [5.41, 5.74) is 4.10. The Hall–Kier alpha value is -2.88. The van der Waals surface area contributed by atoms with E-state index in [1.165, 1.54) is 19.8 Å². The molecule has 2 aromatic rings. The van der Waals surface area contributed by atoms with Crippen molar-refractivity contribution in [3.63, 3.8) is 0 Å². The van der Waals surface area contributed by atoms with E-state index in [-0.39, 0.29) is 0 Å². The molecule has 26 heavy (non-hydrogen) atoms. The van der Waals surface area contributed by atoms with E-state index in [4.69, 9.17) is 9.47 Å². The van der Waals surface area contributed by atoms with Crippen LogP contribution in [0.5, 0.6) is 0 Å². The monoisotopic (exact) mass is 352 g/mol. The quantitative estimate of drug-likeness (QED) is 0.581. The molecule has 4 heteroatoms. The Morgan fingerprint density at radius 1 is 0.808 bits per heavy atom. The maximum atomic E-state index is 12.3. The number of benzene rings is 2. The van der Waals surface area contributed by atoms with Crippen molar-refractivity contribution in [2.45, 2.75) is 19.8 Å². The van der Waals surface area contributed by atoms with Gasteiger partial charge in [0.25, 0.3) is 0 Å². The van der Waals surface area contributed by atoms with E-state index in [9.17, 15) is 9.59 Å². The summed E-state index contributed by atoms with van der Waals surface area (Å²) in [6.07, 6.45) is 3.76. The maximum Gasteiger partial charge on any atom is 0.321 e. The Kier molecular flexibility index (Phi) is 6.73. The van der Waals surface area contributed by atoms with Crippen LogP contribution in [0.4, 0.5) is 0 Å². The van der Waals surface area contributed by atoms with Gasteiger partial charge in [-0.2, -0.15) is 0 Å². The van der Waals surface area contributed by atoms with Crippen molar-refractivity contribution in [2.75, 3.05) is 14.2 Å². The second-order valence-corrected chi connectivity index (χ2v) is 6.23. The van der Waals surface area contributed by atoms with Crippen LogP contribution in [0.15, 0.2) is 54.6 Å². The molecular formula is C22H24O4. The summed E-state index contributed by atoms with van der Waals surface area (Å²) in [5.74, 6) is -2.78. The number of ether oxygens (including phenoxy) is 2. The number of hydrogen-bond acceptors (Lipinski definition) is 4. The molecule has 0 saturated heterocycles. The van der Waals surface area contributed by atoms with Gasteiger partial charge in [0.05, 0.1) is 14.2 Å². The van der Waals surface area contributed by atoms with Crippen molar-refractivity contribution in [3.8, 4) is 0 Å². The highest BCUT2D eigenvalue weighted by molar-refractivity contribution is 5.96. The number of hydrogen-bond donors (Lipinski definition) is 0. The van der Waals surface area contributed by atoms with Gasteiger partial charge in [-0.25, -0.2) is 0 Å². The molecule has 0 fully saturated rings. The summed E-state index contributed by atoms with van der Waals surface area (Å²) in [6.45, 7) is 4.01. The molecule has 0 heterocycles. The minimum Gasteiger partial charge on any atom is -0.468 e. The smallest absolute Gasteiger partial charge is 0.321 e. The second kappa shape index (κ2) is 8.99. The lowest BCUT2D eigenvalue weighted by Crippen LogP contribution is -2.31.